The largest absolute Gasteiger partial charge is 0.111 e. The van der Waals surface area contributed by atoms with Crippen LogP contribution in [0.25, 0.3) is 0 Å². The van der Waals surface area contributed by atoms with E-state index >= 15 is 0 Å². The number of aryl methyl sites for hydroxylation is 1. The highest BCUT2D eigenvalue weighted by Gasteiger charge is 2.05. The molecule has 4 aromatic rings. The maximum absolute atomic E-state index is 6.99. The van der Waals surface area contributed by atoms with Crippen molar-refractivity contribution in [2.75, 3.05) is 0 Å². The van der Waals surface area contributed by atoms with E-state index in [4.69, 9.17) is 15.6 Å². The third-order valence-electron chi connectivity index (χ3n) is 8.05. The Kier molecular flexibility index (Phi) is 18.2. The van der Waals surface area contributed by atoms with Crippen LogP contribution >= 0.6 is 11.6 Å². The summed E-state index contributed by atoms with van der Waals surface area (Å²) in [5, 5.41) is 0.814. The molecule has 0 bridgehead atoms. The highest BCUT2D eigenvalue weighted by molar-refractivity contribution is 6.32. The van der Waals surface area contributed by atoms with Crippen LogP contribution in [0.3, 0.4) is 0 Å². The van der Waals surface area contributed by atoms with Crippen LogP contribution < -0.4 is 0 Å². The van der Waals surface area contributed by atoms with Crippen molar-refractivity contribution in [1.29, 1.82) is 4.01 Å². The molecule has 0 spiro atoms. The van der Waals surface area contributed by atoms with Crippen molar-refractivity contribution in [2.45, 2.75) is 118 Å². The van der Waals surface area contributed by atoms with Crippen molar-refractivity contribution in [3.8, 4) is 0 Å². The number of hydrogen-bond acceptors (Lipinski definition) is 0. The van der Waals surface area contributed by atoms with Gasteiger partial charge in [0.15, 0.2) is 0 Å². The first kappa shape index (κ1) is 37.3. The van der Waals surface area contributed by atoms with Crippen LogP contribution in [0.1, 0.15) is 129 Å². The molecule has 0 aliphatic heterocycles. The van der Waals surface area contributed by atoms with Gasteiger partial charge in [-0.25, -0.2) is 0 Å². The molecule has 4 radical (unpaired) electrons. The summed E-state index contributed by atoms with van der Waals surface area (Å²) >= 11 is 6.09. The first-order chi connectivity index (χ1) is 23.8. The predicted molar refractivity (Wildman–Crippen MR) is 220 cm³/mol. The molecular formula is C42H59B4Cl. The number of rotatable bonds is 12. The Labute approximate surface area is 303 Å². The molecule has 0 aliphatic rings. The lowest BCUT2D eigenvalue weighted by Crippen LogP contribution is -1.96. The van der Waals surface area contributed by atoms with Gasteiger partial charge in [-0.15, -0.1) is 0 Å². The zero-order chi connectivity index (χ0) is 37.6. The number of hydrogen-bond donors (Lipinski definition) is 0. The van der Waals surface area contributed by atoms with Gasteiger partial charge >= 0.3 is 0 Å². The van der Waals surface area contributed by atoms with Gasteiger partial charge in [-0.3, -0.25) is 0 Å². The average molecular weight is 646 g/mol. The second-order valence-corrected chi connectivity index (χ2v) is 13.8. The fourth-order valence-electron chi connectivity index (χ4n) is 5.03. The van der Waals surface area contributed by atoms with Gasteiger partial charge < -0.3 is 0 Å². The third-order valence-corrected chi connectivity index (χ3v) is 8.38. The molecule has 0 N–H and O–H groups in total. The molecule has 0 saturated heterocycles. The fourth-order valence-corrected chi connectivity index (χ4v) is 5.45. The molecule has 0 aliphatic carbocycles. The van der Waals surface area contributed by atoms with E-state index in [-0.39, 0.29) is 0 Å². The quantitative estimate of drug-likeness (QED) is 0.135. The Morgan fingerprint density at radius 2 is 1.09 bits per heavy atom. The van der Waals surface area contributed by atoms with Crippen molar-refractivity contribution in [3.63, 3.8) is 0 Å². The highest BCUT2D eigenvalue weighted by atomic mass is 35.5. The highest BCUT2D eigenvalue weighted by Crippen LogP contribution is 2.25. The molecular weight excluding hydrogens is 583 g/mol. The van der Waals surface area contributed by atoms with Crippen molar-refractivity contribution in [3.05, 3.63) is 140 Å². The summed E-state index contributed by atoms with van der Waals surface area (Å²) in [7, 11) is 6.47. The van der Waals surface area contributed by atoms with Crippen LogP contribution in [0, 0.1) is 6.92 Å². The second kappa shape index (κ2) is 22.9. The zero-order valence-corrected chi connectivity index (χ0v) is 31.7. The average Bonchev–Trinajstić information content (AvgIpc) is 3.06. The Bertz CT molecular complexity index is 1430. The van der Waals surface area contributed by atoms with Crippen molar-refractivity contribution >= 4 is 42.3 Å². The van der Waals surface area contributed by atoms with Crippen LogP contribution in [-0.2, 0) is 25.3 Å². The molecule has 0 heterocycles. The van der Waals surface area contributed by atoms with E-state index in [1.54, 1.807) is 0 Å². The Morgan fingerprint density at radius 1 is 0.574 bits per heavy atom. The molecule has 0 atom stereocenters. The molecule has 5 heteroatoms. The van der Waals surface area contributed by atoms with Gasteiger partial charge in [0, 0.05) is 5.02 Å². The molecule has 0 fully saturated rings. The van der Waals surface area contributed by atoms with Gasteiger partial charge in [-0.1, -0.05) is 200 Å². The number of benzene rings is 4. The minimum atomic E-state index is 0.460. The van der Waals surface area contributed by atoms with E-state index in [1.165, 1.54) is 67.9 Å². The Morgan fingerprint density at radius 3 is 1.57 bits per heavy atom. The molecule has 246 valence electrons. The van der Waals surface area contributed by atoms with Crippen LogP contribution in [0.5, 0.6) is 0 Å². The topological polar surface area (TPSA) is 0 Å². The lowest BCUT2D eigenvalue weighted by Gasteiger charge is -2.10. The first-order valence-corrected chi connectivity index (χ1v) is 17.6. The predicted octanol–water partition coefficient (Wildman–Crippen LogP) is 10.7. The monoisotopic (exact) mass is 645 g/mol. The molecule has 47 heavy (non-hydrogen) atoms. The molecule has 0 nitrogen and oxygen atoms in total. The molecule has 4 aromatic carbocycles. The van der Waals surface area contributed by atoms with Crippen LogP contribution in [0.4, 0.5) is 0 Å². The molecule has 0 unspecified atom stereocenters. The number of halogens is 1. The summed E-state index contributed by atoms with van der Waals surface area (Å²) in [5.74, 6) is 2.27. The standard InChI is InChI=1S/C12H18B.C10H13BCl.2C10H14B/c1-9(2)12-6-5-11(8-13-4)7-10(12)3;1-7(2)9-4-3-8(6-11)5-10(9)12;1-8(2)10-5-3-9(7-11)4-6-10;1-8(2)10-5-3-4-9(6-10)7-11/h5-7,9H,8H2,1-4H3;3-5,7,11H,6H2,1-2H3;2*3-6,8,11H,7H2,1-2H3/i;3*11D. The van der Waals surface area contributed by atoms with Gasteiger partial charge in [0.25, 0.3) is 0 Å². The Balaban J connectivity index is 0.000000334. The van der Waals surface area contributed by atoms with Crippen LogP contribution in [0.15, 0.2) is 84.9 Å². The fraction of sp³-hybridized carbons (Fsp3) is 0.429. The summed E-state index contributed by atoms with van der Waals surface area (Å²) < 4.78 is 20.9. The Hall–Kier alpha value is -2.57. The van der Waals surface area contributed by atoms with E-state index in [2.05, 4.69) is 143 Å². The zero-order valence-electron chi connectivity index (χ0n) is 33.9. The molecule has 0 aromatic heterocycles. The maximum Gasteiger partial charge on any atom is 0.111 e. The van der Waals surface area contributed by atoms with E-state index < -0.39 is 0 Å². The maximum atomic E-state index is 6.99. The van der Waals surface area contributed by atoms with Gasteiger partial charge in [0.05, 0.1) is 23.4 Å². The smallest absolute Gasteiger partial charge is 0.0917 e. The minimum absolute atomic E-state index is 0.460. The van der Waals surface area contributed by atoms with Crippen molar-refractivity contribution in [2.24, 2.45) is 0 Å². The lowest BCUT2D eigenvalue weighted by molar-refractivity contribution is 0.855. The first-order valence-electron chi connectivity index (χ1n) is 18.9. The third kappa shape index (κ3) is 15.9. The molecule has 0 saturated carbocycles. The summed E-state index contributed by atoms with van der Waals surface area (Å²) in [5.41, 5.74) is 11.8. The summed E-state index contributed by atoms with van der Waals surface area (Å²) in [4.78, 5) is 0. The normalized spacial score (nSPS) is 11.2. The van der Waals surface area contributed by atoms with Crippen molar-refractivity contribution < 1.29 is 0 Å². The summed E-state index contributed by atoms with van der Waals surface area (Å²) in [6.07, 6.45) is 3.25. The van der Waals surface area contributed by atoms with E-state index in [0.29, 0.717) is 30.0 Å². The van der Waals surface area contributed by atoms with Crippen LogP contribution in [-0.4, -0.2) is 34.7 Å². The van der Waals surface area contributed by atoms with E-state index in [0.717, 1.165) is 29.5 Å². The van der Waals surface area contributed by atoms with Crippen molar-refractivity contribution in [1.82, 2.24) is 0 Å². The van der Waals surface area contributed by atoms with Gasteiger partial charge in [0.1, 0.15) is 7.28 Å². The minimum Gasteiger partial charge on any atom is -0.0917 e. The van der Waals surface area contributed by atoms with Crippen LogP contribution in [0.2, 0.25) is 11.8 Å². The summed E-state index contributed by atoms with van der Waals surface area (Å²) in [6, 6.07) is 29.8. The van der Waals surface area contributed by atoms with Gasteiger partial charge in [-0.2, -0.15) is 0 Å². The van der Waals surface area contributed by atoms with Gasteiger partial charge in [0.2, 0.25) is 0 Å². The second-order valence-electron chi connectivity index (χ2n) is 13.4. The SMILES string of the molecule is C[B]Cc1ccc(C(C)C)c(C)c1.[2H][B]Cc1ccc(C(C)C)c(Cl)c1.[2H][B]Cc1ccc(C(C)C)cc1.[2H][B]Cc1cccc(C(C)C)c1. The molecule has 0 amide bonds. The molecule has 4 rings (SSSR count). The van der Waals surface area contributed by atoms with Gasteiger partial charge in [-0.05, 0) is 68.5 Å². The lowest BCUT2D eigenvalue weighted by atomic mass is 9.74. The summed E-state index contributed by atoms with van der Waals surface area (Å²) in [6.45, 7) is 21.8. The van der Waals surface area contributed by atoms with E-state index in [9.17, 15) is 0 Å². The van der Waals surface area contributed by atoms with E-state index in [1.807, 2.05) is 18.2 Å².